The maximum Gasteiger partial charge on any atom is 0.249 e. The van der Waals surface area contributed by atoms with E-state index in [1.165, 1.54) is 12.8 Å². The number of carbonyl (C=O) groups is 2. The van der Waals surface area contributed by atoms with Crippen LogP contribution in [-0.4, -0.2) is 34.3 Å². The zero-order valence-electron chi connectivity index (χ0n) is 12.2. The number of rotatable bonds is 4. The second-order valence-corrected chi connectivity index (χ2v) is 7.18. The van der Waals surface area contributed by atoms with Crippen LogP contribution in [0.3, 0.4) is 0 Å². The lowest BCUT2D eigenvalue weighted by molar-refractivity contribution is -0.161. The summed E-state index contributed by atoms with van der Waals surface area (Å²) in [7, 11) is 0. The zero-order chi connectivity index (χ0) is 13.8. The van der Waals surface area contributed by atoms with E-state index in [9.17, 15) is 9.59 Å². The van der Waals surface area contributed by atoms with Gasteiger partial charge in [-0.3, -0.25) is 9.59 Å². The molecule has 3 fully saturated rings. The summed E-state index contributed by atoms with van der Waals surface area (Å²) in [6.45, 7) is 6.36. The molecule has 0 aromatic carbocycles. The molecule has 1 saturated heterocycles. The number of nitrogens with zero attached hydrogens (tertiary/aromatic N) is 1. The van der Waals surface area contributed by atoms with E-state index in [1.807, 2.05) is 25.7 Å². The number of nitrogens with one attached hydrogen (secondary N) is 1. The SMILES string of the molecule is CC1(C2CC2)NC(=O)C(C)(C)N(CCC2CC2)C1=O. The van der Waals surface area contributed by atoms with Gasteiger partial charge in [-0.15, -0.1) is 0 Å². The van der Waals surface area contributed by atoms with Crippen molar-refractivity contribution >= 4 is 11.8 Å². The van der Waals surface area contributed by atoms with Crippen LogP contribution < -0.4 is 5.32 Å². The van der Waals surface area contributed by atoms with Gasteiger partial charge in [0.2, 0.25) is 11.8 Å². The van der Waals surface area contributed by atoms with Crippen molar-refractivity contribution in [2.45, 2.75) is 64.0 Å². The molecule has 1 atom stereocenters. The third kappa shape index (κ3) is 2.05. The first kappa shape index (κ1) is 12.9. The van der Waals surface area contributed by atoms with Gasteiger partial charge in [0.05, 0.1) is 0 Å². The molecule has 0 bridgehead atoms. The number of piperazine rings is 1. The van der Waals surface area contributed by atoms with Crippen molar-refractivity contribution in [1.82, 2.24) is 10.2 Å². The van der Waals surface area contributed by atoms with E-state index >= 15 is 0 Å². The van der Waals surface area contributed by atoms with E-state index in [1.54, 1.807) is 0 Å². The summed E-state index contributed by atoms with van der Waals surface area (Å²) in [6, 6.07) is 0. The Hall–Kier alpha value is -1.06. The quantitative estimate of drug-likeness (QED) is 0.840. The van der Waals surface area contributed by atoms with Gasteiger partial charge in [0.1, 0.15) is 11.1 Å². The molecule has 0 radical (unpaired) electrons. The summed E-state index contributed by atoms with van der Waals surface area (Å²) >= 11 is 0. The molecule has 3 rings (SSSR count). The molecule has 0 aromatic heterocycles. The van der Waals surface area contributed by atoms with Crippen molar-refractivity contribution in [2.75, 3.05) is 6.54 Å². The Kier molecular flexibility index (Phi) is 2.70. The molecular weight excluding hydrogens is 240 g/mol. The highest BCUT2D eigenvalue weighted by Gasteiger charge is 2.57. The molecule has 1 N–H and O–H groups in total. The first-order valence-corrected chi connectivity index (χ1v) is 7.50. The minimum Gasteiger partial charge on any atom is -0.340 e. The Labute approximate surface area is 114 Å². The fourth-order valence-corrected chi connectivity index (χ4v) is 3.14. The van der Waals surface area contributed by atoms with Gasteiger partial charge in [-0.2, -0.15) is 0 Å². The van der Waals surface area contributed by atoms with Crippen LogP contribution in [0.15, 0.2) is 0 Å². The minimum atomic E-state index is -0.708. The van der Waals surface area contributed by atoms with E-state index in [0.29, 0.717) is 5.92 Å². The summed E-state index contributed by atoms with van der Waals surface area (Å²) in [4.78, 5) is 27.0. The van der Waals surface area contributed by atoms with Crippen molar-refractivity contribution in [3.63, 3.8) is 0 Å². The molecule has 1 aliphatic heterocycles. The number of hydrogen-bond donors (Lipinski definition) is 1. The van der Waals surface area contributed by atoms with Crippen LogP contribution >= 0.6 is 0 Å². The Morgan fingerprint density at radius 1 is 1.16 bits per heavy atom. The van der Waals surface area contributed by atoms with Gasteiger partial charge in [-0.25, -0.2) is 0 Å². The Bertz CT molecular complexity index is 424. The monoisotopic (exact) mass is 264 g/mol. The smallest absolute Gasteiger partial charge is 0.249 e. The lowest BCUT2D eigenvalue weighted by Crippen LogP contribution is -2.74. The summed E-state index contributed by atoms with van der Waals surface area (Å²) < 4.78 is 0. The molecule has 3 aliphatic rings. The molecule has 0 spiro atoms. The molecule has 2 amide bonds. The maximum atomic E-state index is 12.8. The zero-order valence-corrected chi connectivity index (χ0v) is 12.2. The number of hydrogen-bond acceptors (Lipinski definition) is 2. The summed E-state index contributed by atoms with van der Waals surface area (Å²) in [5.41, 5.74) is -1.36. The third-order valence-electron chi connectivity index (χ3n) is 5.14. The molecule has 2 aliphatic carbocycles. The molecule has 2 saturated carbocycles. The first-order chi connectivity index (χ1) is 8.85. The van der Waals surface area contributed by atoms with Crippen molar-refractivity contribution in [3.8, 4) is 0 Å². The summed E-state index contributed by atoms with van der Waals surface area (Å²) in [6.07, 6.45) is 5.73. The predicted molar refractivity (Wildman–Crippen MR) is 72.4 cm³/mol. The topological polar surface area (TPSA) is 49.4 Å². The van der Waals surface area contributed by atoms with Gasteiger partial charge in [-0.05, 0) is 51.9 Å². The second kappa shape index (κ2) is 3.97. The third-order valence-corrected chi connectivity index (χ3v) is 5.14. The fraction of sp³-hybridized carbons (Fsp3) is 0.867. The van der Waals surface area contributed by atoms with E-state index < -0.39 is 11.1 Å². The van der Waals surface area contributed by atoms with Gasteiger partial charge >= 0.3 is 0 Å². The minimum absolute atomic E-state index is 0.00250. The van der Waals surface area contributed by atoms with Crippen LogP contribution in [0, 0.1) is 11.8 Å². The molecular formula is C15H24N2O2. The van der Waals surface area contributed by atoms with E-state index in [-0.39, 0.29) is 11.8 Å². The molecule has 4 nitrogen and oxygen atoms in total. The predicted octanol–water partition coefficient (Wildman–Crippen LogP) is 1.69. The fourth-order valence-electron chi connectivity index (χ4n) is 3.14. The van der Waals surface area contributed by atoms with Crippen LogP contribution in [0.4, 0.5) is 0 Å². The second-order valence-electron chi connectivity index (χ2n) is 7.18. The molecule has 1 heterocycles. The highest BCUT2D eigenvalue weighted by Crippen LogP contribution is 2.44. The Morgan fingerprint density at radius 3 is 2.32 bits per heavy atom. The van der Waals surface area contributed by atoms with Crippen molar-refractivity contribution in [2.24, 2.45) is 11.8 Å². The van der Waals surface area contributed by atoms with Crippen LogP contribution in [0.1, 0.15) is 52.9 Å². The number of carbonyl (C=O) groups excluding carboxylic acids is 2. The van der Waals surface area contributed by atoms with Gasteiger partial charge in [0.15, 0.2) is 0 Å². The van der Waals surface area contributed by atoms with Crippen molar-refractivity contribution in [1.29, 1.82) is 0 Å². The summed E-state index contributed by atoms with van der Waals surface area (Å²) in [5, 5.41) is 3.00. The van der Waals surface area contributed by atoms with Crippen molar-refractivity contribution in [3.05, 3.63) is 0 Å². The molecule has 0 aromatic rings. The van der Waals surface area contributed by atoms with E-state index in [0.717, 1.165) is 31.7 Å². The van der Waals surface area contributed by atoms with Gasteiger partial charge in [0, 0.05) is 6.54 Å². The Balaban J connectivity index is 1.82. The summed E-state index contributed by atoms with van der Waals surface area (Å²) in [5.74, 6) is 1.24. The van der Waals surface area contributed by atoms with Crippen molar-refractivity contribution < 1.29 is 9.59 Å². The standard InChI is InChI=1S/C15H24N2O2/c1-14(2)12(18)16-15(3,11-6-7-11)13(19)17(14)9-8-10-4-5-10/h10-11H,4-9H2,1-3H3,(H,16,18). The van der Waals surface area contributed by atoms with Crippen LogP contribution in [0.2, 0.25) is 0 Å². The first-order valence-electron chi connectivity index (χ1n) is 7.50. The average molecular weight is 264 g/mol. The van der Waals surface area contributed by atoms with Crippen LogP contribution in [0.25, 0.3) is 0 Å². The Morgan fingerprint density at radius 2 is 1.79 bits per heavy atom. The molecule has 106 valence electrons. The van der Waals surface area contributed by atoms with Gasteiger partial charge in [-0.1, -0.05) is 12.8 Å². The lowest BCUT2D eigenvalue weighted by atomic mass is 9.85. The molecule has 19 heavy (non-hydrogen) atoms. The maximum absolute atomic E-state index is 12.8. The molecule has 4 heteroatoms. The average Bonchev–Trinajstić information content (AvgIpc) is 3.17. The number of amides is 2. The van der Waals surface area contributed by atoms with Gasteiger partial charge in [0.25, 0.3) is 0 Å². The van der Waals surface area contributed by atoms with Crippen LogP contribution in [0.5, 0.6) is 0 Å². The van der Waals surface area contributed by atoms with E-state index in [2.05, 4.69) is 5.32 Å². The highest BCUT2D eigenvalue weighted by molar-refractivity contribution is 6.02. The van der Waals surface area contributed by atoms with Gasteiger partial charge < -0.3 is 10.2 Å². The lowest BCUT2D eigenvalue weighted by Gasteiger charge is -2.49. The van der Waals surface area contributed by atoms with Crippen LogP contribution in [-0.2, 0) is 9.59 Å². The normalized spacial score (nSPS) is 34.4. The largest absolute Gasteiger partial charge is 0.340 e. The highest BCUT2D eigenvalue weighted by atomic mass is 16.2. The van der Waals surface area contributed by atoms with E-state index in [4.69, 9.17) is 0 Å². The molecule has 1 unspecified atom stereocenters.